The van der Waals surface area contributed by atoms with E-state index >= 15 is 0 Å². The van der Waals surface area contributed by atoms with Crippen LogP contribution in [0.5, 0.6) is 0 Å². The molecule has 1 saturated heterocycles. The molecule has 0 aromatic rings. The van der Waals surface area contributed by atoms with Crippen LogP contribution in [0.4, 0.5) is 4.79 Å². The summed E-state index contributed by atoms with van der Waals surface area (Å²) in [6.07, 6.45) is 0. The smallest absolute Gasteiger partial charge is 0.327 e. The number of imide groups is 1. The minimum absolute atomic E-state index is 0.0551. The van der Waals surface area contributed by atoms with Gasteiger partial charge in [-0.05, 0) is 0 Å². The van der Waals surface area contributed by atoms with Gasteiger partial charge in [-0.2, -0.15) is 0 Å². The largest absolute Gasteiger partial charge is 0.347 e. The zero-order valence-electron chi connectivity index (χ0n) is 8.48. The first kappa shape index (κ1) is 10.5. The molecule has 1 heterocycles. The highest BCUT2D eigenvalue weighted by atomic mass is 16.2. The van der Waals surface area contributed by atoms with Crippen molar-refractivity contribution in [2.75, 3.05) is 34.2 Å². The second-order valence-electron chi connectivity index (χ2n) is 3.41. The van der Waals surface area contributed by atoms with E-state index in [1.165, 1.54) is 16.8 Å². The fourth-order valence-corrected chi connectivity index (χ4v) is 1.10. The zero-order valence-corrected chi connectivity index (χ0v) is 8.48. The Morgan fingerprint density at radius 2 is 2.00 bits per heavy atom. The van der Waals surface area contributed by atoms with Crippen LogP contribution in [0.25, 0.3) is 0 Å². The van der Waals surface area contributed by atoms with Gasteiger partial charge >= 0.3 is 6.03 Å². The third kappa shape index (κ3) is 1.84. The van der Waals surface area contributed by atoms with E-state index in [0.29, 0.717) is 0 Å². The topological polar surface area (TPSA) is 60.9 Å². The number of hydrogen-bond donors (Lipinski definition) is 0. The Kier molecular flexibility index (Phi) is 2.73. The molecule has 1 rings (SSSR count). The van der Waals surface area contributed by atoms with E-state index < -0.39 is 6.03 Å². The van der Waals surface area contributed by atoms with Crippen molar-refractivity contribution in [3.63, 3.8) is 0 Å². The third-order valence-corrected chi connectivity index (χ3v) is 2.02. The summed E-state index contributed by atoms with van der Waals surface area (Å²) in [6.45, 7) is -0.117. The molecule has 0 aromatic carbocycles. The molecule has 0 N–H and O–H groups in total. The van der Waals surface area contributed by atoms with Crippen molar-refractivity contribution < 1.29 is 14.4 Å². The first-order valence-electron chi connectivity index (χ1n) is 4.19. The molecule has 4 amide bonds. The van der Waals surface area contributed by atoms with E-state index in [0.717, 1.165) is 4.90 Å². The molecule has 0 aromatic heterocycles. The molecule has 0 spiro atoms. The predicted molar refractivity (Wildman–Crippen MR) is 48.4 cm³/mol. The highest BCUT2D eigenvalue weighted by Crippen LogP contribution is 2.07. The second-order valence-corrected chi connectivity index (χ2v) is 3.41. The molecule has 1 aliphatic rings. The quantitative estimate of drug-likeness (QED) is 0.534. The number of carbonyl (C=O) groups is 3. The number of amides is 4. The molecule has 1 aliphatic heterocycles. The molecule has 0 unspecified atom stereocenters. The number of nitrogens with zero attached hydrogens (tertiary/aromatic N) is 3. The van der Waals surface area contributed by atoms with Gasteiger partial charge in [0.2, 0.25) is 5.91 Å². The number of hydrogen-bond acceptors (Lipinski definition) is 3. The van der Waals surface area contributed by atoms with Crippen molar-refractivity contribution in [1.29, 1.82) is 0 Å². The summed E-state index contributed by atoms with van der Waals surface area (Å²) in [7, 11) is 4.69. The van der Waals surface area contributed by atoms with Gasteiger partial charge in [0.05, 0.1) is 0 Å². The second kappa shape index (κ2) is 3.65. The van der Waals surface area contributed by atoms with E-state index in [2.05, 4.69) is 0 Å². The van der Waals surface area contributed by atoms with Crippen LogP contribution in [-0.2, 0) is 9.59 Å². The number of rotatable bonds is 2. The summed E-state index contributed by atoms with van der Waals surface area (Å²) in [6, 6.07) is -0.412. The van der Waals surface area contributed by atoms with Crippen LogP contribution >= 0.6 is 0 Å². The Bertz CT molecular complexity index is 288. The van der Waals surface area contributed by atoms with Crippen LogP contribution < -0.4 is 0 Å². The molecular weight excluding hydrogens is 186 g/mol. The van der Waals surface area contributed by atoms with Crippen LogP contribution in [-0.4, -0.2) is 66.8 Å². The van der Waals surface area contributed by atoms with Gasteiger partial charge in [-0.3, -0.25) is 14.5 Å². The van der Waals surface area contributed by atoms with Gasteiger partial charge in [-0.25, -0.2) is 4.79 Å². The molecular formula is C8H13N3O3. The van der Waals surface area contributed by atoms with Crippen molar-refractivity contribution >= 4 is 17.8 Å². The lowest BCUT2D eigenvalue weighted by Crippen LogP contribution is -2.40. The van der Waals surface area contributed by atoms with E-state index in [1.54, 1.807) is 14.1 Å². The standard InChI is InChI=1S/C8H13N3O3/c1-9(2)6(12)5-11-7(13)4-10(3)8(11)14/h4-5H2,1-3H3. The predicted octanol–water partition coefficient (Wildman–Crippen LogP) is -1.03. The van der Waals surface area contributed by atoms with Gasteiger partial charge < -0.3 is 9.80 Å². The molecule has 0 aliphatic carbocycles. The van der Waals surface area contributed by atoms with Gasteiger partial charge in [-0.1, -0.05) is 0 Å². The summed E-state index contributed by atoms with van der Waals surface area (Å²) in [4.78, 5) is 37.4. The maximum atomic E-state index is 11.3. The van der Waals surface area contributed by atoms with Gasteiger partial charge in [0, 0.05) is 21.1 Å². The summed E-state index contributed by atoms with van der Waals surface area (Å²) >= 11 is 0. The van der Waals surface area contributed by atoms with E-state index in [1.807, 2.05) is 0 Å². The molecule has 14 heavy (non-hydrogen) atoms. The molecule has 6 nitrogen and oxygen atoms in total. The van der Waals surface area contributed by atoms with Gasteiger partial charge in [0.25, 0.3) is 5.91 Å². The normalized spacial score (nSPS) is 16.5. The van der Waals surface area contributed by atoms with Gasteiger partial charge in [0.1, 0.15) is 13.1 Å². The Labute approximate surface area is 82.1 Å². The van der Waals surface area contributed by atoms with Gasteiger partial charge in [-0.15, -0.1) is 0 Å². The lowest BCUT2D eigenvalue weighted by molar-refractivity contribution is -0.134. The van der Waals surface area contributed by atoms with Crippen LogP contribution in [0.1, 0.15) is 0 Å². The molecule has 0 radical (unpaired) electrons. The van der Waals surface area contributed by atoms with E-state index in [9.17, 15) is 14.4 Å². The van der Waals surface area contributed by atoms with Crippen molar-refractivity contribution in [2.45, 2.75) is 0 Å². The maximum absolute atomic E-state index is 11.3. The molecule has 0 atom stereocenters. The van der Waals surface area contributed by atoms with Crippen molar-refractivity contribution in [1.82, 2.24) is 14.7 Å². The first-order chi connectivity index (χ1) is 6.43. The fraction of sp³-hybridized carbons (Fsp3) is 0.625. The SMILES string of the molecule is CN(C)C(=O)CN1C(=O)CN(C)C1=O. The first-order valence-corrected chi connectivity index (χ1v) is 4.19. The van der Waals surface area contributed by atoms with Crippen LogP contribution in [0.2, 0.25) is 0 Å². The van der Waals surface area contributed by atoms with Crippen molar-refractivity contribution in [3.05, 3.63) is 0 Å². The molecule has 6 heteroatoms. The highest BCUT2D eigenvalue weighted by Gasteiger charge is 2.34. The average molecular weight is 199 g/mol. The Balaban J connectivity index is 2.65. The van der Waals surface area contributed by atoms with Crippen LogP contribution in [0, 0.1) is 0 Å². The number of likely N-dealkylation sites (N-methyl/N-ethyl adjacent to an activating group) is 2. The van der Waals surface area contributed by atoms with Crippen LogP contribution in [0.15, 0.2) is 0 Å². The summed E-state index contributed by atoms with van der Waals surface area (Å²) in [5.74, 6) is -0.588. The number of carbonyl (C=O) groups excluding carboxylic acids is 3. The average Bonchev–Trinajstić information content (AvgIpc) is 2.32. The molecule has 0 saturated carbocycles. The Morgan fingerprint density at radius 1 is 1.43 bits per heavy atom. The molecule has 0 bridgehead atoms. The lowest BCUT2D eigenvalue weighted by Gasteiger charge is -2.16. The van der Waals surface area contributed by atoms with Crippen LogP contribution in [0.3, 0.4) is 0 Å². The maximum Gasteiger partial charge on any atom is 0.327 e. The van der Waals surface area contributed by atoms with Gasteiger partial charge in [0.15, 0.2) is 0 Å². The minimum Gasteiger partial charge on any atom is -0.347 e. The fourth-order valence-electron chi connectivity index (χ4n) is 1.10. The van der Waals surface area contributed by atoms with E-state index in [-0.39, 0.29) is 24.9 Å². The lowest BCUT2D eigenvalue weighted by atomic mass is 10.4. The third-order valence-electron chi connectivity index (χ3n) is 2.02. The Hall–Kier alpha value is -1.59. The summed E-state index contributed by atoms with van der Waals surface area (Å²) < 4.78 is 0. The summed E-state index contributed by atoms with van der Waals surface area (Å²) in [5, 5.41) is 0. The Morgan fingerprint density at radius 3 is 2.36 bits per heavy atom. The minimum atomic E-state index is -0.412. The van der Waals surface area contributed by atoms with E-state index in [4.69, 9.17) is 0 Å². The summed E-state index contributed by atoms with van der Waals surface area (Å²) in [5.41, 5.74) is 0. The zero-order chi connectivity index (χ0) is 10.9. The monoisotopic (exact) mass is 199 g/mol. The van der Waals surface area contributed by atoms with Crippen molar-refractivity contribution in [2.24, 2.45) is 0 Å². The van der Waals surface area contributed by atoms with Crippen molar-refractivity contribution in [3.8, 4) is 0 Å². The molecule has 1 fully saturated rings. The number of urea groups is 1. The molecule has 78 valence electrons. The highest BCUT2D eigenvalue weighted by molar-refractivity contribution is 6.04.